The van der Waals surface area contributed by atoms with E-state index in [1.54, 1.807) is 17.1 Å². The molecule has 3 aromatic heterocycles. The van der Waals surface area contributed by atoms with Crippen LogP contribution in [0.25, 0.3) is 22.4 Å². The van der Waals surface area contributed by atoms with Crippen LogP contribution in [0.15, 0.2) is 42.4 Å². The van der Waals surface area contributed by atoms with Crippen LogP contribution in [-0.2, 0) is 7.05 Å². The van der Waals surface area contributed by atoms with E-state index in [0.717, 1.165) is 28.8 Å². The van der Waals surface area contributed by atoms with Crippen LogP contribution in [0, 0.1) is 0 Å². The Morgan fingerprint density at radius 3 is 2.88 bits per heavy atom. The zero-order valence-electron chi connectivity index (χ0n) is 14.6. The normalized spacial score (nSPS) is 15.8. The number of nitrogens with zero attached hydrogens (tertiary/aromatic N) is 5. The van der Waals surface area contributed by atoms with Crippen molar-refractivity contribution in [2.24, 2.45) is 7.05 Å². The maximum Gasteiger partial charge on any atom is 0.165 e. The number of nitrogens with one attached hydrogen (secondary N) is 1. The first kappa shape index (κ1) is 15.7. The summed E-state index contributed by atoms with van der Waals surface area (Å²) < 4.78 is 1.78. The molecule has 1 atom stereocenters. The van der Waals surface area contributed by atoms with Crippen molar-refractivity contribution >= 4 is 16.9 Å². The van der Waals surface area contributed by atoms with E-state index in [0.29, 0.717) is 5.82 Å². The fraction of sp³-hybridized carbons (Fsp3) is 0.368. The van der Waals surface area contributed by atoms with Gasteiger partial charge in [0.25, 0.3) is 0 Å². The first-order valence-corrected chi connectivity index (χ1v) is 8.78. The molecule has 0 bridgehead atoms. The van der Waals surface area contributed by atoms with E-state index in [1.807, 2.05) is 25.4 Å². The van der Waals surface area contributed by atoms with Gasteiger partial charge >= 0.3 is 0 Å². The summed E-state index contributed by atoms with van der Waals surface area (Å²) in [6.07, 6.45) is 12.6. The predicted octanol–water partition coefficient (Wildman–Crippen LogP) is 3.73. The summed E-state index contributed by atoms with van der Waals surface area (Å²) in [6.45, 7) is 2.20. The fourth-order valence-electron chi connectivity index (χ4n) is 3.31. The second-order valence-corrected chi connectivity index (χ2v) is 6.53. The van der Waals surface area contributed by atoms with E-state index in [-0.39, 0.29) is 6.04 Å². The maximum atomic E-state index is 4.78. The number of anilines is 1. The van der Waals surface area contributed by atoms with Gasteiger partial charge in [-0.25, -0.2) is 9.97 Å². The van der Waals surface area contributed by atoms with Gasteiger partial charge in [-0.3, -0.25) is 9.67 Å². The fourth-order valence-corrected chi connectivity index (χ4v) is 3.31. The summed E-state index contributed by atoms with van der Waals surface area (Å²) in [7, 11) is 1.90. The Labute approximate surface area is 147 Å². The molecule has 1 N–H and O–H groups in total. The number of aromatic nitrogens is 5. The lowest BCUT2D eigenvalue weighted by Crippen LogP contribution is -2.20. The Morgan fingerprint density at radius 1 is 1.20 bits per heavy atom. The second-order valence-electron chi connectivity index (χ2n) is 6.53. The summed E-state index contributed by atoms with van der Waals surface area (Å²) in [5.74, 6) is 1.49. The standard InChI is InChI=1S/C19H22N6/c1-13(14-7-4-3-5-8-14)22-18-16-12-21-25(2)19(16)24-17(23-18)15-9-6-10-20-11-15/h6-7,9-13H,3-5,8H2,1-2H3,(H,22,23,24)/t13-/m1/s1. The van der Waals surface area contributed by atoms with Gasteiger partial charge in [0.15, 0.2) is 11.5 Å². The lowest BCUT2D eigenvalue weighted by atomic mass is 9.95. The summed E-state index contributed by atoms with van der Waals surface area (Å²) >= 11 is 0. The number of rotatable bonds is 4. The Morgan fingerprint density at radius 2 is 2.12 bits per heavy atom. The molecule has 128 valence electrons. The lowest BCUT2D eigenvalue weighted by molar-refractivity contribution is 0.665. The second kappa shape index (κ2) is 6.63. The molecule has 0 radical (unpaired) electrons. The molecule has 1 aliphatic carbocycles. The minimum absolute atomic E-state index is 0.250. The van der Waals surface area contributed by atoms with Gasteiger partial charge in [0, 0.05) is 31.0 Å². The molecule has 0 saturated carbocycles. The van der Waals surface area contributed by atoms with Gasteiger partial charge in [-0.15, -0.1) is 0 Å². The molecule has 1 aliphatic rings. The van der Waals surface area contributed by atoms with Crippen molar-refractivity contribution in [2.45, 2.75) is 38.6 Å². The smallest absolute Gasteiger partial charge is 0.165 e. The molecular weight excluding hydrogens is 312 g/mol. The zero-order valence-corrected chi connectivity index (χ0v) is 14.6. The average Bonchev–Trinajstić information content (AvgIpc) is 3.04. The van der Waals surface area contributed by atoms with Crippen LogP contribution in [0.5, 0.6) is 0 Å². The van der Waals surface area contributed by atoms with Crippen LogP contribution < -0.4 is 5.32 Å². The Balaban J connectivity index is 1.75. The number of pyridine rings is 1. The summed E-state index contributed by atoms with van der Waals surface area (Å²) in [4.78, 5) is 13.6. The molecule has 3 heterocycles. The highest BCUT2D eigenvalue weighted by molar-refractivity contribution is 5.88. The highest BCUT2D eigenvalue weighted by Gasteiger charge is 2.17. The van der Waals surface area contributed by atoms with E-state index >= 15 is 0 Å². The summed E-state index contributed by atoms with van der Waals surface area (Å²) in [5, 5.41) is 8.88. The van der Waals surface area contributed by atoms with Crippen molar-refractivity contribution in [3.8, 4) is 11.4 Å². The van der Waals surface area contributed by atoms with Gasteiger partial charge in [0.2, 0.25) is 0 Å². The third-order valence-corrected chi connectivity index (χ3v) is 4.75. The van der Waals surface area contributed by atoms with Crippen LogP contribution in [0.3, 0.4) is 0 Å². The molecule has 0 aliphatic heterocycles. The van der Waals surface area contributed by atoms with Crippen LogP contribution in [0.1, 0.15) is 32.6 Å². The number of aryl methyl sites for hydroxylation is 1. The van der Waals surface area contributed by atoms with E-state index in [4.69, 9.17) is 4.98 Å². The molecule has 0 unspecified atom stereocenters. The van der Waals surface area contributed by atoms with Crippen LogP contribution in [0.2, 0.25) is 0 Å². The topological polar surface area (TPSA) is 68.5 Å². The molecule has 0 saturated heterocycles. The molecule has 6 heteroatoms. The van der Waals surface area contributed by atoms with Crippen molar-refractivity contribution < 1.29 is 0 Å². The third kappa shape index (κ3) is 3.12. The summed E-state index contributed by atoms with van der Waals surface area (Å²) in [6, 6.07) is 4.12. The van der Waals surface area contributed by atoms with E-state index < -0.39 is 0 Å². The highest BCUT2D eigenvalue weighted by atomic mass is 15.3. The quantitative estimate of drug-likeness (QED) is 0.736. The number of allylic oxidation sites excluding steroid dienone is 1. The monoisotopic (exact) mass is 334 g/mol. The average molecular weight is 334 g/mol. The highest BCUT2D eigenvalue weighted by Crippen LogP contribution is 2.27. The van der Waals surface area contributed by atoms with Gasteiger partial charge in [-0.1, -0.05) is 11.6 Å². The van der Waals surface area contributed by atoms with E-state index in [1.165, 1.54) is 24.8 Å². The SMILES string of the molecule is C[C@@H](Nc1nc(-c2cccnc2)nc2c1cnn2C)C1=CCCCC1. The number of fused-ring (bicyclic) bond motifs is 1. The molecule has 0 fully saturated rings. The molecule has 3 aromatic rings. The molecule has 25 heavy (non-hydrogen) atoms. The van der Waals surface area contributed by atoms with E-state index in [2.05, 4.69) is 33.4 Å². The number of hydrogen-bond acceptors (Lipinski definition) is 5. The first-order chi connectivity index (χ1) is 12.2. The number of hydrogen-bond donors (Lipinski definition) is 1. The van der Waals surface area contributed by atoms with Crippen molar-refractivity contribution in [3.63, 3.8) is 0 Å². The van der Waals surface area contributed by atoms with Crippen LogP contribution in [0.4, 0.5) is 5.82 Å². The van der Waals surface area contributed by atoms with Gasteiger partial charge in [-0.2, -0.15) is 5.10 Å². The predicted molar refractivity (Wildman–Crippen MR) is 99.2 cm³/mol. The largest absolute Gasteiger partial charge is 0.363 e. The minimum Gasteiger partial charge on any atom is -0.363 e. The third-order valence-electron chi connectivity index (χ3n) is 4.75. The Bertz CT molecular complexity index is 912. The van der Waals surface area contributed by atoms with Gasteiger partial charge < -0.3 is 5.32 Å². The lowest BCUT2D eigenvalue weighted by Gasteiger charge is -2.21. The van der Waals surface area contributed by atoms with Crippen molar-refractivity contribution in [3.05, 3.63) is 42.4 Å². The van der Waals surface area contributed by atoms with Crippen LogP contribution >= 0.6 is 0 Å². The maximum absolute atomic E-state index is 4.78. The molecule has 0 amide bonds. The van der Waals surface area contributed by atoms with E-state index in [9.17, 15) is 0 Å². The summed E-state index contributed by atoms with van der Waals surface area (Å²) in [5.41, 5.74) is 3.18. The minimum atomic E-state index is 0.250. The first-order valence-electron chi connectivity index (χ1n) is 8.78. The van der Waals surface area contributed by atoms with Crippen molar-refractivity contribution in [1.82, 2.24) is 24.7 Å². The molecule has 0 aromatic carbocycles. The molecule has 4 rings (SSSR count). The van der Waals surface area contributed by atoms with Crippen molar-refractivity contribution in [2.75, 3.05) is 5.32 Å². The van der Waals surface area contributed by atoms with Gasteiger partial charge in [0.05, 0.1) is 11.6 Å². The molecule has 0 spiro atoms. The van der Waals surface area contributed by atoms with Gasteiger partial charge in [-0.05, 0) is 44.7 Å². The van der Waals surface area contributed by atoms with Crippen molar-refractivity contribution in [1.29, 1.82) is 0 Å². The molecule has 6 nitrogen and oxygen atoms in total. The van der Waals surface area contributed by atoms with Crippen LogP contribution in [-0.4, -0.2) is 30.8 Å². The zero-order chi connectivity index (χ0) is 17.2. The Kier molecular flexibility index (Phi) is 4.17. The Hall–Kier alpha value is -2.76. The van der Waals surface area contributed by atoms with Gasteiger partial charge in [0.1, 0.15) is 5.82 Å². The molecular formula is C19H22N6.